The largest absolute Gasteiger partial charge is 0.340 e. The van der Waals surface area contributed by atoms with Crippen molar-refractivity contribution in [1.29, 1.82) is 5.26 Å². The molecule has 2 amide bonds. The Hall–Kier alpha value is -3.46. The second kappa shape index (κ2) is 11.4. The minimum Gasteiger partial charge on any atom is -0.340 e. The predicted octanol–water partition coefficient (Wildman–Crippen LogP) is 3.83. The maximum atomic E-state index is 12.7. The predicted molar refractivity (Wildman–Crippen MR) is 111 cm³/mol. The summed E-state index contributed by atoms with van der Waals surface area (Å²) in [6, 6.07) is 16.7. The van der Waals surface area contributed by atoms with Crippen molar-refractivity contribution in [3.63, 3.8) is 0 Å². The number of amides is 2. The summed E-state index contributed by atoms with van der Waals surface area (Å²) in [5.41, 5.74) is 1.37. The zero-order valence-corrected chi connectivity index (χ0v) is 16.5. The van der Waals surface area contributed by atoms with Gasteiger partial charge in [-0.3, -0.25) is 9.59 Å². The van der Waals surface area contributed by atoms with Crippen molar-refractivity contribution in [3.8, 4) is 6.07 Å². The first-order chi connectivity index (χ1) is 14.0. The fourth-order valence-corrected chi connectivity index (χ4v) is 2.89. The van der Waals surface area contributed by atoms with E-state index in [1.54, 1.807) is 37.3 Å². The quantitative estimate of drug-likeness (QED) is 0.601. The first kappa shape index (κ1) is 21.8. The molecular weight excluding hydrogens is 366 g/mol. The van der Waals surface area contributed by atoms with Gasteiger partial charge in [-0.1, -0.05) is 37.1 Å². The smallest absolute Gasteiger partial charge is 0.251 e. The van der Waals surface area contributed by atoms with Gasteiger partial charge in [-0.15, -0.1) is 0 Å². The molecule has 2 aromatic rings. The molecule has 150 valence electrons. The SMILES string of the molecule is CC(=O)CCCCCC(NC(=O)c1cccc(C#N)c1)C(=O)Nc1ccccc1. The van der Waals surface area contributed by atoms with E-state index in [4.69, 9.17) is 5.26 Å². The topological polar surface area (TPSA) is 99.1 Å². The van der Waals surface area contributed by atoms with E-state index in [1.165, 1.54) is 6.07 Å². The molecule has 2 N–H and O–H groups in total. The molecule has 0 radical (unpaired) electrons. The van der Waals surface area contributed by atoms with Crippen LogP contribution in [0, 0.1) is 11.3 Å². The van der Waals surface area contributed by atoms with Gasteiger partial charge in [-0.05, 0) is 50.1 Å². The van der Waals surface area contributed by atoms with Gasteiger partial charge in [0.05, 0.1) is 11.6 Å². The molecule has 6 nitrogen and oxygen atoms in total. The Morgan fingerprint density at radius 2 is 1.76 bits per heavy atom. The highest BCUT2D eigenvalue weighted by Gasteiger charge is 2.21. The lowest BCUT2D eigenvalue weighted by atomic mass is 10.0. The molecule has 0 aromatic heterocycles. The highest BCUT2D eigenvalue weighted by molar-refractivity contribution is 6.01. The van der Waals surface area contributed by atoms with Gasteiger partial charge in [0.15, 0.2) is 0 Å². The molecule has 0 spiro atoms. The van der Waals surface area contributed by atoms with Crippen molar-refractivity contribution in [2.45, 2.75) is 45.1 Å². The van der Waals surface area contributed by atoms with Crippen LogP contribution in [0.1, 0.15) is 54.9 Å². The standard InChI is InChI=1S/C23H25N3O3/c1-17(27)9-4-2-7-14-21(23(29)25-20-12-5-3-6-13-20)26-22(28)19-11-8-10-18(15-19)16-24/h3,5-6,8,10-13,15,21H,2,4,7,9,14H2,1H3,(H,25,29)(H,26,28). The van der Waals surface area contributed by atoms with Crippen molar-refractivity contribution in [2.24, 2.45) is 0 Å². The normalized spacial score (nSPS) is 11.2. The number of para-hydroxylation sites is 1. The molecule has 0 saturated carbocycles. The maximum Gasteiger partial charge on any atom is 0.251 e. The molecule has 29 heavy (non-hydrogen) atoms. The molecule has 0 aliphatic rings. The lowest BCUT2D eigenvalue weighted by molar-refractivity contribution is -0.118. The van der Waals surface area contributed by atoms with E-state index in [-0.39, 0.29) is 11.7 Å². The highest BCUT2D eigenvalue weighted by atomic mass is 16.2. The van der Waals surface area contributed by atoms with Crippen LogP contribution < -0.4 is 10.6 Å². The maximum absolute atomic E-state index is 12.7. The second-order valence-electron chi connectivity index (χ2n) is 6.88. The zero-order valence-electron chi connectivity index (χ0n) is 16.5. The molecule has 2 aromatic carbocycles. The van der Waals surface area contributed by atoms with Crippen LogP contribution in [0.5, 0.6) is 0 Å². The zero-order chi connectivity index (χ0) is 21.1. The molecule has 0 aliphatic carbocycles. The first-order valence-corrected chi connectivity index (χ1v) is 9.66. The van der Waals surface area contributed by atoms with Crippen molar-refractivity contribution in [2.75, 3.05) is 5.32 Å². The van der Waals surface area contributed by atoms with E-state index in [9.17, 15) is 14.4 Å². The molecule has 1 unspecified atom stereocenters. The van der Waals surface area contributed by atoms with Crippen LogP contribution >= 0.6 is 0 Å². The van der Waals surface area contributed by atoms with Gasteiger partial charge in [-0.25, -0.2) is 0 Å². The van der Waals surface area contributed by atoms with Gasteiger partial charge < -0.3 is 15.4 Å². The average Bonchev–Trinajstić information content (AvgIpc) is 2.73. The Labute approximate surface area is 170 Å². The van der Waals surface area contributed by atoms with Crippen LogP contribution in [0.3, 0.4) is 0 Å². The summed E-state index contributed by atoms with van der Waals surface area (Å²) in [4.78, 5) is 36.4. The van der Waals surface area contributed by atoms with Gasteiger partial charge >= 0.3 is 0 Å². The van der Waals surface area contributed by atoms with Crippen LogP contribution in [0.25, 0.3) is 0 Å². The number of Topliss-reactive ketones (excluding diaryl/α,β-unsaturated/α-hetero) is 1. The third kappa shape index (κ3) is 7.59. The summed E-state index contributed by atoms with van der Waals surface area (Å²) in [6.07, 6.45) is 3.25. The van der Waals surface area contributed by atoms with E-state index < -0.39 is 11.9 Å². The van der Waals surface area contributed by atoms with Crippen LogP contribution in [0.2, 0.25) is 0 Å². The van der Waals surface area contributed by atoms with E-state index in [0.717, 1.165) is 12.8 Å². The summed E-state index contributed by atoms with van der Waals surface area (Å²) >= 11 is 0. The third-order valence-electron chi connectivity index (χ3n) is 4.44. The lowest BCUT2D eigenvalue weighted by Gasteiger charge is -2.19. The number of carbonyl (C=O) groups excluding carboxylic acids is 3. The Morgan fingerprint density at radius 1 is 1.00 bits per heavy atom. The summed E-state index contributed by atoms with van der Waals surface area (Å²) in [7, 11) is 0. The van der Waals surface area contributed by atoms with Gasteiger partial charge in [0.25, 0.3) is 5.91 Å². The van der Waals surface area contributed by atoms with Gasteiger partial charge in [0.2, 0.25) is 5.91 Å². The van der Waals surface area contributed by atoms with Crippen molar-refractivity contribution in [1.82, 2.24) is 5.32 Å². The number of anilines is 1. The summed E-state index contributed by atoms with van der Waals surface area (Å²) in [5.74, 6) is -0.555. The van der Waals surface area contributed by atoms with Crippen LogP contribution in [-0.4, -0.2) is 23.6 Å². The van der Waals surface area contributed by atoms with Gasteiger partial charge in [-0.2, -0.15) is 5.26 Å². The Morgan fingerprint density at radius 3 is 2.45 bits per heavy atom. The third-order valence-corrected chi connectivity index (χ3v) is 4.44. The average molecular weight is 391 g/mol. The van der Waals surface area contributed by atoms with Crippen LogP contribution in [-0.2, 0) is 9.59 Å². The Balaban J connectivity index is 2.04. The molecule has 0 aliphatic heterocycles. The van der Waals surface area contributed by atoms with E-state index in [2.05, 4.69) is 10.6 Å². The number of hydrogen-bond acceptors (Lipinski definition) is 4. The number of carbonyl (C=O) groups is 3. The summed E-state index contributed by atoms with van der Waals surface area (Å²) in [5, 5.41) is 14.6. The molecule has 1 atom stereocenters. The van der Waals surface area contributed by atoms with Crippen LogP contribution in [0.15, 0.2) is 54.6 Å². The van der Waals surface area contributed by atoms with Crippen LogP contribution in [0.4, 0.5) is 5.69 Å². The number of rotatable bonds is 10. The second-order valence-corrected chi connectivity index (χ2v) is 6.88. The fraction of sp³-hybridized carbons (Fsp3) is 0.304. The first-order valence-electron chi connectivity index (χ1n) is 9.66. The molecular formula is C23H25N3O3. The Bertz CT molecular complexity index is 888. The molecule has 0 fully saturated rings. The van der Waals surface area contributed by atoms with E-state index >= 15 is 0 Å². The lowest BCUT2D eigenvalue weighted by Crippen LogP contribution is -2.43. The molecule has 6 heteroatoms. The molecule has 0 saturated heterocycles. The van der Waals surface area contributed by atoms with Gasteiger partial charge in [0, 0.05) is 17.7 Å². The minimum absolute atomic E-state index is 0.147. The van der Waals surface area contributed by atoms with Gasteiger partial charge in [0.1, 0.15) is 11.8 Å². The summed E-state index contributed by atoms with van der Waals surface area (Å²) in [6.45, 7) is 1.56. The fourth-order valence-electron chi connectivity index (χ4n) is 2.89. The summed E-state index contributed by atoms with van der Waals surface area (Å²) < 4.78 is 0. The molecule has 0 bridgehead atoms. The minimum atomic E-state index is -0.717. The highest BCUT2D eigenvalue weighted by Crippen LogP contribution is 2.12. The van der Waals surface area contributed by atoms with Crippen molar-refractivity contribution >= 4 is 23.3 Å². The molecule has 0 heterocycles. The van der Waals surface area contributed by atoms with E-state index in [1.807, 2.05) is 24.3 Å². The number of hydrogen-bond donors (Lipinski definition) is 2. The monoisotopic (exact) mass is 391 g/mol. The number of unbranched alkanes of at least 4 members (excludes halogenated alkanes) is 2. The van der Waals surface area contributed by atoms with Crippen molar-refractivity contribution in [3.05, 3.63) is 65.7 Å². The Kier molecular flexibility index (Phi) is 8.58. The number of nitriles is 1. The number of benzene rings is 2. The van der Waals surface area contributed by atoms with Crippen molar-refractivity contribution < 1.29 is 14.4 Å². The number of nitrogens with zero attached hydrogens (tertiary/aromatic N) is 1. The molecule has 2 rings (SSSR count). The number of ketones is 1. The number of nitrogens with one attached hydrogen (secondary N) is 2. The van der Waals surface area contributed by atoms with E-state index in [0.29, 0.717) is 36.1 Å².